The second-order valence-electron chi connectivity index (χ2n) is 9.46. The maximum Gasteiger partial charge on any atom is 0.206 e. The molecule has 4 aromatic carbocycles. The Hall–Kier alpha value is -3.37. The van der Waals surface area contributed by atoms with Gasteiger partial charge in [0.05, 0.1) is 9.79 Å². The van der Waals surface area contributed by atoms with Gasteiger partial charge >= 0.3 is 0 Å². The topological polar surface area (TPSA) is 43.4 Å². The summed E-state index contributed by atoms with van der Waals surface area (Å²) in [6.07, 6.45) is 0. The van der Waals surface area contributed by atoms with E-state index in [-0.39, 0.29) is 0 Å². The molecular formula is C31H32O3S. The third-order valence-corrected chi connectivity index (χ3v) is 8.68. The van der Waals surface area contributed by atoms with Crippen LogP contribution in [-0.2, 0) is 9.84 Å². The van der Waals surface area contributed by atoms with E-state index in [9.17, 15) is 8.42 Å². The van der Waals surface area contributed by atoms with Gasteiger partial charge < -0.3 is 4.74 Å². The van der Waals surface area contributed by atoms with Gasteiger partial charge in [-0.2, -0.15) is 0 Å². The van der Waals surface area contributed by atoms with Crippen LogP contribution in [0.25, 0.3) is 11.1 Å². The third kappa shape index (κ3) is 4.76. The van der Waals surface area contributed by atoms with Crippen LogP contribution >= 0.6 is 0 Å². The molecule has 0 amide bonds. The molecule has 0 radical (unpaired) electrons. The molecule has 0 atom stereocenters. The minimum Gasteiger partial charge on any atom is -0.457 e. The van der Waals surface area contributed by atoms with E-state index in [0.29, 0.717) is 15.5 Å². The van der Waals surface area contributed by atoms with Crippen molar-refractivity contribution >= 4 is 9.84 Å². The summed E-state index contributed by atoms with van der Waals surface area (Å²) in [5, 5.41) is 0. The van der Waals surface area contributed by atoms with Crippen molar-refractivity contribution in [2.45, 2.75) is 58.3 Å². The Kier molecular flexibility index (Phi) is 6.61. The van der Waals surface area contributed by atoms with Crippen molar-refractivity contribution in [1.29, 1.82) is 0 Å². The summed E-state index contributed by atoms with van der Waals surface area (Å²) in [5.41, 5.74) is 9.13. The monoisotopic (exact) mass is 484 g/mol. The van der Waals surface area contributed by atoms with Gasteiger partial charge in [-0.05, 0) is 135 Å². The van der Waals surface area contributed by atoms with Crippen LogP contribution in [0.15, 0.2) is 76.5 Å². The van der Waals surface area contributed by atoms with Crippen LogP contribution in [0.1, 0.15) is 38.9 Å². The number of benzene rings is 4. The quantitative estimate of drug-likeness (QED) is 0.287. The van der Waals surface area contributed by atoms with Crippen LogP contribution in [-0.4, -0.2) is 8.42 Å². The SMILES string of the molecule is Cc1ccc(Oc2cccc(C)c2-c2cc(S(=O)(=O)c3ccc(C)c(C)c3)cc(C)c2C)cc1C. The van der Waals surface area contributed by atoms with Gasteiger partial charge in [0, 0.05) is 5.56 Å². The Balaban J connectivity index is 1.88. The van der Waals surface area contributed by atoms with Gasteiger partial charge in [-0.25, -0.2) is 8.42 Å². The van der Waals surface area contributed by atoms with Gasteiger partial charge in [0.2, 0.25) is 9.84 Å². The molecule has 0 aliphatic rings. The predicted octanol–water partition coefficient (Wildman–Crippen LogP) is 8.14. The Morgan fingerprint density at radius 3 is 1.86 bits per heavy atom. The molecule has 0 bridgehead atoms. The van der Waals surface area contributed by atoms with Gasteiger partial charge in [-0.3, -0.25) is 0 Å². The summed E-state index contributed by atoms with van der Waals surface area (Å²) in [5.74, 6) is 1.46. The Labute approximate surface area is 209 Å². The van der Waals surface area contributed by atoms with Gasteiger partial charge in [0.25, 0.3) is 0 Å². The molecule has 3 nitrogen and oxygen atoms in total. The summed E-state index contributed by atoms with van der Waals surface area (Å²) in [4.78, 5) is 0.602. The maximum absolute atomic E-state index is 13.6. The molecule has 0 spiro atoms. The first-order chi connectivity index (χ1) is 16.5. The van der Waals surface area contributed by atoms with E-state index in [1.807, 2.05) is 77.1 Å². The highest BCUT2D eigenvalue weighted by molar-refractivity contribution is 7.91. The van der Waals surface area contributed by atoms with Crippen LogP contribution in [0.5, 0.6) is 11.5 Å². The lowest BCUT2D eigenvalue weighted by atomic mass is 9.93. The van der Waals surface area contributed by atoms with Gasteiger partial charge in [0.1, 0.15) is 11.5 Å². The van der Waals surface area contributed by atoms with E-state index in [4.69, 9.17) is 4.74 Å². The largest absolute Gasteiger partial charge is 0.457 e. The van der Waals surface area contributed by atoms with Crippen LogP contribution < -0.4 is 4.74 Å². The minimum absolute atomic E-state index is 0.291. The predicted molar refractivity (Wildman–Crippen MR) is 143 cm³/mol. The summed E-state index contributed by atoms with van der Waals surface area (Å²) < 4.78 is 33.7. The smallest absolute Gasteiger partial charge is 0.206 e. The van der Waals surface area contributed by atoms with E-state index in [1.54, 1.807) is 24.3 Å². The van der Waals surface area contributed by atoms with E-state index >= 15 is 0 Å². The van der Waals surface area contributed by atoms with E-state index in [1.165, 1.54) is 5.56 Å². The van der Waals surface area contributed by atoms with Crippen LogP contribution in [0.2, 0.25) is 0 Å². The third-order valence-electron chi connectivity index (χ3n) is 6.95. The molecule has 0 heterocycles. The van der Waals surface area contributed by atoms with Gasteiger partial charge in [-0.15, -0.1) is 0 Å². The molecule has 0 aliphatic heterocycles. The highest BCUT2D eigenvalue weighted by Crippen LogP contribution is 2.40. The van der Waals surface area contributed by atoms with Crippen molar-refractivity contribution in [3.05, 3.63) is 106 Å². The lowest BCUT2D eigenvalue weighted by Crippen LogP contribution is -2.05. The summed E-state index contributed by atoms with van der Waals surface area (Å²) in [7, 11) is -3.68. The summed E-state index contributed by atoms with van der Waals surface area (Å²) in [6, 6.07) is 20.8. The average Bonchev–Trinajstić information content (AvgIpc) is 2.80. The molecule has 0 saturated carbocycles. The number of rotatable bonds is 5. The summed E-state index contributed by atoms with van der Waals surface area (Å²) in [6.45, 7) is 14.1. The average molecular weight is 485 g/mol. The number of hydrogen-bond acceptors (Lipinski definition) is 3. The molecule has 4 heteroatoms. The van der Waals surface area contributed by atoms with Crippen molar-refractivity contribution in [3.8, 4) is 22.6 Å². The van der Waals surface area contributed by atoms with Crippen LogP contribution in [0.3, 0.4) is 0 Å². The Morgan fingerprint density at radius 2 is 1.20 bits per heavy atom. The standard InChI is InChI=1S/C31H32O3S/c1-19-11-13-26(15-22(19)4)34-30-10-8-9-21(3)31(30)29-18-28(17-24(6)25(29)7)35(32,33)27-14-12-20(2)23(5)16-27/h8-18H,1-7H3. The summed E-state index contributed by atoms with van der Waals surface area (Å²) >= 11 is 0. The molecular weight excluding hydrogens is 452 g/mol. The van der Waals surface area contributed by atoms with Crippen molar-refractivity contribution in [2.24, 2.45) is 0 Å². The molecule has 35 heavy (non-hydrogen) atoms. The Bertz CT molecular complexity index is 1550. The first-order valence-electron chi connectivity index (χ1n) is 11.8. The molecule has 0 N–H and O–H groups in total. The van der Waals surface area contributed by atoms with Crippen LogP contribution in [0, 0.1) is 48.5 Å². The van der Waals surface area contributed by atoms with Crippen molar-refractivity contribution in [1.82, 2.24) is 0 Å². The van der Waals surface area contributed by atoms with Gasteiger partial charge in [-0.1, -0.05) is 24.3 Å². The molecule has 0 aliphatic carbocycles. The minimum atomic E-state index is -3.68. The van der Waals surface area contributed by atoms with Gasteiger partial charge in [0.15, 0.2) is 0 Å². The molecule has 0 fully saturated rings. The zero-order valence-corrected chi connectivity index (χ0v) is 22.3. The van der Waals surface area contributed by atoms with E-state index in [2.05, 4.69) is 13.8 Å². The normalized spacial score (nSPS) is 11.5. The molecule has 180 valence electrons. The first-order valence-corrected chi connectivity index (χ1v) is 13.3. The second-order valence-corrected chi connectivity index (χ2v) is 11.4. The van der Waals surface area contributed by atoms with Crippen molar-refractivity contribution in [2.75, 3.05) is 0 Å². The maximum atomic E-state index is 13.6. The highest BCUT2D eigenvalue weighted by Gasteiger charge is 2.23. The number of ether oxygens (including phenoxy) is 1. The number of hydrogen-bond donors (Lipinski definition) is 0. The van der Waals surface area contributed by atoms with Crippen LogP contribution in [0.4, 0.5) is 0 Å². The molecule has 0 unspecified atom stereocenters. The second kappa shape index (κ2) is 9.35. The zero-order valence-electron chi connectivity index (χ0n) is 21.5. The highest BCUT2D eigenvalue weighted by atomic mass is 32.2. The fourth-order valence-corrected chi connectivity index (χ4v) is 5.69. The zero-order chi connectivity index (χ0) is 25.5. The lowest BCUT2D eigenvalue weighted by Gasteiger charge is -2.19. The molecule has 0 aromatic heterocycles. The Morgan fingerprint density at radius 1 is 0.571 bits per heavy atom. The van der Waals surface area contributed by atoms with E-state index < -0.39 is 9.84 Å². The first kappa shape index (κ1) is 24.7. The fourth-order valence-electron chi connectivity index (χ4n) is 4.23. The van der Waals surface area contributed by atoms with Crippen molar-refractivity contribution < 1.29 is 13.2 Å². The number of aryl methyl sites for hydroxylation is 6. The lowest BCUT2D eigenvalue weighted by molar-refractivity contribution is 0.483. The number of sulfone groups is 1. The molecule has 4 aromatic rings. The fraction of sp³-hybridized carbons (Fsp3) is 0.226. The van der Waals surface area contributed by atoms with E-state index in [0.717, 1.165) is 50.3 Å². The van der Waals surface area contributed by atoms with Crippen molar-refractivity contribution in [3.63, 3.8) is 0 Å². The molecule has 4 rings (SSSR count). The molecule has 0 saturated heterocycles.